The van der Waals surface area contributed by atoms with Crippen molar-refractivity contribution < 1.29 is 19.1 Å². The van der Waals surface area contributed by atoms with E-state index in [0.29, 0.717) is 37.5 Å². The van der Waals surface area contributed by atoms with Crippen LogP contribution in [0.25, 0.3) is 0 Å². The Bertz CT molecular complexity index is 852. The number of rotatable bonds is 6. The van der Waals surface area contributed by atoms with Crippen molar-refractivity contribution in [2.75, 3.05) is 39.9 Å². The Kier molecular flexibility index (Phi) is 7.11. The molecule has 0 unspecified atom stereocenters. The number of carbonyl (C=O) groups is 2. The summed E-state index contributed by atoms with van der Waals surface area (Å²) in [6, 6.07) is 14.9. The van der Waals surface area contributed by atoms with E-state index in [2.05, 4.69) is 6.92 Å². The number of carbonyl (C=O) groups excluding carboxylic acids is 2. The molecule has 1 aliphatic heterocycles. The van der Waals surface area contributed by atoms with Gasteiger partial charge in [0.15, 0.2) is 6.61 Å². The van der Waals surface area contributed by atoms with Crippen molar-refractivity contribution in [2.45, 2.75) is 19.8 Å². The van der Waals surface area contributed by atoms with Gasteiger partial charge in [-0.1, -0.05) is 31.2 Å². The maximum absolute atomic E-state index is 12.8. The van der Waals surface area contributed by atoms with Gasteiger partial charge in [0, 0.05) is 31.7 Å². The van der Waals surface area contributed by atoms with Gasteiger partial charge in [0.1, 0.15) is 11.5 Å². The summed E-state index contributed by atoms with van der Waals surface area (Å²) in [5, 5.41) is 0. The summed E-state index contributed by atoms with van der Waals surface area (Å²) < 4.78 is 11.0. The van der Waals surface area contributed by atoms with E-state index in [0.717, 1.165) is 24.2 Å². The van der Waals surface area contributed by atoms with Gasteiger partial charge in [-0.2, -0.15) is 0 Å². The molecule has 0 N–H and O–H groups in total. The molecule has 2 aromatic rings. The first-order valence-corrected chi connectivity index (χ1v) is 10.0. The van der Waals surface area contributed by atoms with Crippen molar-refractivity contribution in [1.82, 2.24) is 9.80 Å². The van der Waals surface area contributed by atoms with Crippen molar-refractivity contribution in [1.29, 1.82) is 0 Å². The van der Waals surface area contributed by atoms with E-state index in [4.69, 9.17) is 9.47 Å². The quantitative estimate of drug-likeness (QED) is 0.753. The monoisotopic (exact) mass is 396 g/mol. The minimum atomic E-state index is -0.0495. The molecule has 154 valence electrons. The molecule has 0 bridgehead atoms. The Morgan fingerprint density at radius 1 is 0.966 bits per heavy atom. The van der Waals surface area contributed by atoms with Gasteiger partial charge in [-0.25, -0.2) is 0 Å². The molecule has 1 saturated heterocycles. The predicted molar refractivity (Wildman–Crippen MR) is 111 cm³/mol. The van der Waals surface area contributed by atoms with Crippen LogP contribution in [0.15, 0.2) is 48.5 Å². The lowest BCUT2D eigenvalue weighted by Gasteiger charge is -2.22. The highest BCUT2D eigenvalue weighted by Gasteiger charge is 2.23. The van der Waals surface area contributed by atoms with Crippen molar-refractivity contribution >= 4 is 11.8 Å². The fraction of sp³-hybridized carbons (Fsp3) is 0.391. The topological polar surface area (TPSA) is 59.1 Å². The average Bonchev–Trinajstić information content (AvgIpc) is 3.03. The Labute approximate surface area is 172 Å². The molecule has 1 fully saturated rings. The molecule has 2 amide bonds. The van der Waals surface area contributed by atoms with E-state index < -0.39 is 0 Å². The van der Waals surface area contributed by atoms with Gasteiger partial charge in [0.25, 0.3) is 11.8 Å². The van der Waals surface area contributed by atoms with E-state index in [1.807, 2.05) is 36.4 Å². The van der Waals surface area contributed by atoms with Gasteiger partial charge in [0.2, 0.25) is 0 Å². The Balaban J connectivity index is 1.56. The maximum Gasteiger partial charge on any atom is 0.260 e. The van der Waals surface area contributed by atoms with Crippen LogP contribution in [0.3, 0.4) is 0 Å². The highest BCUT2D eigenvalue weighted by atomic mass is 16.5. The first-order valence-electron chi connectivity index (χ1n) is 10.0. The summed E-state index contributed by atoms with van der Waals surface area (Å²) in [5.74, 6) is 1.33. The van der Waals surface area contributed by atoms with E-state index in [-0.39, 0.29) is 18.4 Å². The number of para-hydroxylation sites is 1. The van der Waals surface area contributed by atoms with Gasteiger partial charge in [0.05, 0.1) is 7.11 Å². The second-order valence-corrected chi connectivity index (χ2v) is 7.01. The Hall–Kier alpha value is -3.02. The third-order valence-electron chi connectivity index (χ3n) is 5.16. The maximum atomic E-state index is 12.8. The van der Waals surface area contributed by atoms with Crippen molar-refractivity contribution in [3.05, 3.63) is 59.7 Å². The van der Waals surface area contributed by atoms with E-state index >= 15 is 0 Å². The van der Waals surface area contributed by atoms with E-state index in [1.54, 1.807) is 29.0 Å². The molecular weight excluding hydrogens is 368 g/mol. The van der Waals surface area contributed by atoms with Gasteiger partial charge < -0.3 is 19.3 Å². The van der Waals surface area contributed by atoms with Crippen molar-refractivity contribution in [2.24, 2.45) is 0 Å². The zero-order valence-electron chi connectivity index (χ0n) is 17.1. The van der Waals surface area contributed by atoms with Gasteiger partial charge in [-0.15, -0.1) is 0 Å². The fourth-order valence-electron chi connectivity index (χ4n) is 3.48. The lowest BCUT2D eigenvalue weighted by Crippen LogP contribution is -2.39. The normalized spacial score (nSPS) is 14.3. The van der Waals surface area contributed by atoms with Crippen LogP contribution in [0.5, 0.6) is 11.5 Å². The van der Waals surface area contributed by atoms with Gasteiger partial charge in [-0.05, 0) is 42.7 Å². The zero-order chi connectivity index (χ0) is 20.6. The number of methoxy groups -OCH3 is 1. The smallest absolute Gasteiger partial charge is 0.260 e. The standard InChI is InChI=1S/C23H28N2O4/c1-3-18-8-4-5-11-21(18)29-17-22(26)24-12-7-13-25(15-14-24)23(27)19-9-6-10-20(16-19)28-2/h4-6,8-11,16H,3,7,12-15,17H2,1-2H3. The third-order valence-corrected chi connectivity index (χ3v) is 5.16. The Morgan fingerprint density at radius 2 is 1.72 bits per heavy atom. The summed E-state index contributed by atoms with van der Waals surface area (Å²) in [5.41, 5.74) is 1.69. The molecule has 0 atom stereocenters. The minimum Gasteiger partial charge on any atom is -0.497 e. The largest absolute Gasteiger partial charge is 0.497 e. The molecule has 0 radical (unpaired) electrons. The number of nitrogens with zero attached hydrogens (tertiary/aromatic N) is 2. The number of aryl methyl sites for hydroxylation is 1. The van der Waals surface area contributed by atoms with Crippen LogP contribution < -0.4 is 9.47 Å². The predicted octanol–water partition coefficient (Wildman–Crippen LogP) is 3.01. The molecule has 2 aromatic carbocycles. The summed E-state index contributed by atoms with van der Waals surface area (Å²) in [6.07, 6.45) is 1.60. The molecule has 1 heterocycles. The van der Waals surface area contributed by atoms with Crippen LogP contribution in [0.4, 0.5) is 0 Å². The number of amides is 2. The lowest BCUT2D eigenvalue weighted by atomic mass is 10.1. The molecule has 6 nitrogen and oxygen atoms in total. The second kappa shape index (κ2) is 9.96. The summed E-state index contributed by atoms with van der Waals surface area (Å²) in [4.78, 5) is 29.0. The molecule has 0 aliphatic carbocycles. The number of benzene rings is 2. The van der Waals surface area contributed by atoms with Crippen LogP contribution in [0.1, 0.15) is 29.3 Å². The first-order chi connectivity index (χ1) is 14.1. The van der Waals surface area contributed by atoms with E-state index in [9.17, 15) is 9.59 Å². The van der Waals surface area contributed by atoms with Crippen LogP contribution in [-0.4, -0.2) is 61.5 Å². The molecule has 0 aromatic heterocycles. The second-order valence-electron chi connectivity index (χ2n) is 7.01. The third kappa shape index (κ3) is 5.28. The summed E-state index contributed by atoms with van der Waals surface area (Å²) in [6.45, 7) is 4.34. The number of hydrogen-bond acceptors (Lipinski definition) is 4. The molecular formula is C23H28N2O4. The summed E-state index contributed by atoms with van der Waals surface area (Å²) in [7, 11) is 1.58. The fourth-order valence-corrected chi connectivity index (χ4v) is 3.48. The SMILES string of the molecule is CCc1ccccc1OCC(=O)N1CCCN(C(=O)c2cccc(OC)c2)CC1. The van der Waals surface area contributed by atoms with Crippen LogP contribution in [0.2, 0.25) is 0 Å². The molecule has 1 aliphatic rings. The lowest BCUT2D eigenvalue weighted by molar-refractivity contribution is -0.133. The molecule has 0 saturated carbocycles. The minimum absolute atomic E-state index is 0.0147. The zero-order valence-corrected chi connectivity index (χ0v) is 17.1. The molecule has 0 spiro atoms. The van der Waals surface area contributed by atoms with Gasteiger partial charge in [-0.3, -0.25) is 9.59 Å². The molecule has 3 rings (SSSR count). The Morgan fingerprint density at radius 3 is 2.52 bits per heavy atom. The van der Waals surface area contributed by atoms with Crippen molar-refractivity contribution in [3.8, 4) is 11.5 Å². The molecule has 29 heavy (non-hydrogen) atoms. The highest BCUT2D eigenvalue weighted by molar-refractivity contribution is 5.94. The summed E-state index contributed by atoms with van der Waals surface area (Å²) >= 11 is 0. The van der Waals surface area contributed by atoms with E-state index in [1.165, 1.54) is 0 Å². The highest BCUT2D eigenvalue weighted by Crippen LogP contribution is 2.19. The average molecular weight is 396 g/mol. The van der Waals surface area contributed by atoms with Crippen molar-refractivity contribution in [3.63, 3.8) is 0 Å². The first kappa shape index (κ1) is 20.7. The number of hydrogen-bond donors (Lipinski definition) is 0. The van der Waals surface area contributed by atoms with Crippen LogP contribution in [0, 0.1) is 0 Å². The van der Waals surface area contributed by atoms with Gasteiger partial charge >= 0.3 is 0 Å². The van der Waals surface area contributed by atoms with Crippen LogP contribution >= 0.6 is 0 Å². The van der Waals surface area contributed by atoms with Crippen LogP contribution in [-0.2, 0) is 11.2 Å². The number of ether oxygens (including phenoxy) is 2. The molecule has 6 heteroatoms.